The Kier molecular flexibility index (Phi) is 4.24. The average Bonchev–Trinajstić information content (AvgIpc) is 3.54. The molecule has 0 aliphatic carbocycles. The number of para-hydroxylation sites is 2. The number of hydrogen-bond donors (Lipinski definition) is 0. The van der Waals surface area contributed by atoms with Crippen LogP contribution in [0, 0.1) is 0 Å². The van der Waals surface area contributed by atoms with Crippen LogP contribution in [0.5, 0.6) is 0 Å². The second kappa shape index (κ2) is 7.94. The molecule has 0 aliphatic heterocycles. The van der Waals surface area contributed by atoms with Gasteiger partial charge in [0.2, 0.25) is 0 Å². The summed E-state index contributed by atoms with van der Waals surface area (Å²) in [6, 6.07) is 35.5. The highest BCUT2D eigenvalue weighted by Crippen LogP contribution is 2.37. The molecule has 0 bridgehead atoms. The van der Waals surface area contributed by atoms with Crippen molar-refractivity contribution in [3.05, 3.63) is 116 Å². The van der Waals surface area contributed by atoms with Crippen molar-refractivity contribution >= 4 is 65.6 Å². The van der Waals surface area contributed by atoms with Gasteiger partial charge in [-0.1, -0.05) is 66.7 Å². The molecule has 0 spiro atoms. The van der Waals surface area contributed by atoms with Gasteiger partial charge < -0.3 is 4.42 Å². The van der Waals surface area contributed by atoms with Crippen molar-refractivity contribution in [2.75, 3.05) is 0 Å². The Labute approximate surface area is 227 Å². The molecule has 0 aliphatic rings. The summed E-state index contributed by atoms with van der Waals surface area (Å²) in [5.74, 6) is 0.651. The number of furan rings is 1. The van der Waals surface area contributed by atoms with Crippen LogP contribution in [0.15, 0.2) is 120 Å². The maximum absolute atomic E-state index is 6.15. The fourth-order valence-corrected chi connectivity index (χ4v) is 5.97. The van der Waals surface area contributed by atoms with Crippen LogP contribution in [0.25, 0.3) is 82.6 Å². The number of hydrogen-bond acceptors (Lipinski definition) is 5. The summed E-state index contributed by atoms with van der Waals surface area (Å²) in [5.41, 5.74) is 6.69. The van der Waals surface area contributed by atoms with E-state index in [1.165, 1.54) is 5.39 Å². The van der Waals surface area contributed by atoms with Crippen molar-refractivity contribution < 1.29 is 4.42 Å². The molecule has 9 aromatic rings. The van der Waals surface area contributed by atoms with Crippen LogP contribution < -0.4 is 0 Å². The van der Waals surface area contributed by atoms with Gasteiger partial charge in [0, 0.05) is 39.5 Å². The summed E-state index contributed by atoms with van der Waals surface area (Å²) >= 11 is 0. The van der Waals surface area contributed by atoms with Crippen molar-refractivity contribution in [3.63, 3.8) is 0 Å². The highest BCUT2D eigenvalue weighted by Gasteiger charge is 2.20. The third kappa shape index (κ3) is 2.93. The minimum absolute atomic E-state index is 0.651. The Balaban J connectivity index is 1.33. The molecule has 6 heteroatoms. The average molecular weight is 514 g/mol. The molecule has 9 rings (SSSR count). The van der Waals surface area contributed by atoms with E-state index in [0.29, 0.717) is 22.5 Å². The molecule has 0 atom stereocenters. The van der Waals surface area contributed by atoms with E-state index in [0.717, 1.165) is 54.7 Å². The Morgan fingerprint density at radius 1 is 0.525 bits per heavy atom. The number of fused-ring (bicyclic) bond motifs is 8. The Hall–Kier alpha value is -5.62. The van der Waals surface area contributed by atoms with Gasteiger partial charge in [-0.05, 0) is 47.2 Å². The molecule has 4 heterocycles. The summed E-state index contributed by atoms with van der Waals surface area (Å²) in [6.45, 7) is 0. The number of benzene rings is 5. The molecule has 40 heavy (non-hydrogen) atoms. The van der Waals surface area contributed by atoms with Crippen molar-refractivity contribution in [2.45, 2.75) is 0 Å². The van der Waals surface area contributed by atoms with Crippen LogP contribution in [-0.2, 0) is 0 Å². The highest BCUT2D eigenvalue weighted by atomic mass is 16.3. The zero-order valence-electron chi connectivity index (χ0n) is 21.1. The van der Waals surface area contributed by atoms with Crippen LogP contribution in [0.2, 0.25) is 0 Å². The smallest absolute Gasteiger partial charge is 0.188 e. The highest BCUT2D eigenvalue weighted by molar-refractivity contribution is 6.14. The van der Waals surface area contributed by atoms with Gasteiger partial charge in [-0.25, -0.2) is 4.98 Å². The van der Waals surface area contributed by atoms with Gasteiger partial charge >= 0.3 is 0 Å². The van der Waals surface area contributed by atoms with E-state index in [9.17, 15) is 0 Å². The molecule has 6 nitrogen and oxygen atoms in total. The topological polar surface area (TPSA) is 69.6 Å². The summed E-state index contributed by atoms with van der Waals surface area (Å²) in [6.07, 6.45) is 3.42. The van der Waals surface area contributed by atoms with E-state index >= 15 is 0 Å². The quantitative estimate of drug-likeness (QED) is 0.233. The lowest BCUT2D eigenvalue weighted by Gasteiger charge is -2.11. The molecular formula is C34H19N5O. The Morgan fingerprint density at radius 2 is 1.25 bits per heavy atom. The Bertz CT molecular complexity index is 2450. The van der Waals surface area contributed by atoms with Gasteiger partial charge in [0.15, 0.2) is 5.82 Å². The zero-order valence-corrected chi connectivity index (χ0v) is 21.1. The van der Waals surface area contributed by atoms with E-state index in [1.54, 1.807) is 12.4 Å². The van der Waals surface area contributed by atoms with Crippen LogP contribution in [0.1, 0.15) is 0 Å². The normalized spacial score (nSPS) is 12.0. The predicted octanol–water partition coefficient (Wildman–Crippen LogP) is 8.24. The molecule has 0 unspecified atom stereocenters. The van der Waals surface area contributed by atoms with Gasteiger partial charge in [0.1, 0.15) is 27.9 Å². The Morgan fingerprint density at radius 3 is 2.15 bits per heavy atom. The molecule has 0 saturated carbocycles. The van der Waals surface area contributed by atoms with Crippen LogP contribution in [-0.4, -0.2) is 24.7 Å². The van der Waals surface area contributed by atoms with Gasteiger partial charge in [-0.15, -0.1) is 10.2 Å². The third-order valence-corrected chi connectivity index (χ3v) is 7.78. The van der Waals surface area contributed by atoms with Crippen molar-refractivity contribution in [2.24, 2.45) is 0 Å². The van der Waals surface area contributed by atoms with Crippen molar-refractivity contribution in [1.29, 1.82) is 0 Å². The lowest BCUT2D eigenvalue weighted by Crippen LogP contribution is -2.04. The lowest BCUT2D eigenvalue weighted by molar-refractivity contribution is 0.669. The third-order valence-electron chi connectivity index (χ3n) is 7.78. The molecule has 4 aromatic heterocycles. The van der Waals surface area contributed by atoms with Gasteiger partial charge in [-0.2, -0.15) is 0 Å². The molecule has 0 radical (unpaired) electrons. The molecule has 0 fully saturated rings. The van der Waals surface area contributed by atoms with Crippen LogP contribution in [0.3, 0.4) is 0 Å². The maximum Gasteiger partial charge on any atom is 0.188 e. The summed E-state index contributed by atoms with van der Waals surface area (Å²) in [4.78, 5) is 9.54. The molecular weight excluding hydrogens is 494 g/mol. The predicted molar refractivity (Wildman–Crippen MR) is 160 cm³/mol. The first kappa shape index (κ1) is 21.3. The fraction of sp³-hybridized carbons (Fsp3) is 0. The summed E-state index contributed by atoms with van der Waals surface area (Å²) in [7, 11) is 0. The molecule has 0 N–H and O–H groups in total. The molecule has 5 aromatic carbocycles. The van der Waals surface area contributed by atoms with E-state index in [4.69, 9.17) is 24.6 Å². The second-order valence-electron chi connectivity index (χ2n) is 10.0. The van der Waals surface area contributed by atoms with Gasteiger partial charge in [0.25, 0.3) is 0 Å². The van der Waals surface area contributed by atoms with Crippen molar-refractivity contribution in [3.8, 4) is 17.1 Å². The zero-order chi connectivity index (χ0) is 26.2. The SMILES string of the molecule is c1ccc2cc3c(cc2c1)c1ccccc1n3-c1nnc(-c2ccc3c(c2)oc2ccccc23)c2nccnc12. The first-order chi connectivity index (χ1) is 19.8. The molecule has 0 amide bonds. The van der Waals surface area contributed by atoms with Crippen LogP contribution in [0.4, 0.5) is 0 Å². The van der Waals surface area contributed by atoms with Crippen LogP contribution >= 0.6 is 0 Å². The summed E-state index contributed by atoms with van der Waals surface area (Å²) < 4.78 is 8.31. The largest absolute Gasteiger partial charge is 0.456 e. The van der Waals surface area contributed by atoms with E-state index in [-0.39, 0.29) is 0 Å². The number of rotatable bonds is 2. The minimum Gasteiger partial charge on any atom is -0.456 e. The van der Waals surface area contributed by atoms with E-state index < -0.39 is 0 Å². The molecule has 0 saturated heterocycles. The fourth-order valence-electron chi connectivity index (χ4n) is 5.97. The summed E-state index contributed by atoms with van der Waals surface area (Å²) in [5, 5.41) is 16.4. The van der Waals surface area contributed by atoms with Gasteiger partial charge in [0.05, 0.1) is 11.0 Å². The number of nitrogens with zero attached hydrogens (tertiary/aromatic N) is 5. The lowest BCUT2D eigenvalue weighted by atomic mass is 10.1. The van der Waals surface area contributed by atoms with E-state index in [1.807, 2.05) is 24.3 Å². The second-order valence-corrected chi connectivity index (χ2v) is 10.0. The molecule has 186 valence electrons. The first-order valence-corrected chi connectivity index (χ1v) is 13.1. The van der Waals surface area contributed by atoms with E-state index in [2.05, 4.69) is 83.4 Å². The van der Waals surface area contributed by atoms with Gasteiger partial charge in [-0.3, -0.25) is 9.55 Å². The first-order valence-electron chi connectivity index (χ1n) is 13.1. The maximum atomic E-state index is 6.15. The standard InChI is InChI=1S/C34H19N5O/c1-2-8-21-18-28-26(17-20(21)7-1)23-9-3-5-11-27(23)39(28)34-33-32(35-15-16-36-33)31(37-38-34)22-13-14-25-24-10-4-6-12-29(24)40-30(25)19-22/h1-19H. The minimum atomic E-state index is 0.651. The monoisotopic (exact) mass is 513 g/mol. The van der Waals surface area contributed by atoms with Crippen molar-refractivity contribution in [1.82, 2.24) is 24.7 Å². The number of aromatic nitrogens is 5.